The van der Waals surface area contributed by atoms with E-state index in [1.165, 1.54) is 29.2 Å². The molecule has 0 atom stereocenters. The number of nitro benzene ring substituents is 1. The summed E-state index contributed by atoms with van der Waals surface area (Å²) in [6, 6.07) is 13.1. The zero-order chi connectivity index (χ0) is 23.5. The lowest BCUT2D eigenvalue weighted by atomic mass is 10.0. The summed E-state index contributed by atoms with van der Waals surface area (Å²) in [4.78, 5) is 42.9. The molecule has 2 aliphatic heterocycles. The van der Waals surface area contributed by atoms with E-state index >= 15 is 0 Å². The molecule has 1 fully saturated rings. The maximum absolute atomic E-state index is 13.6. The number of carbonyl (C=O) groups is 2. The van der Waals surface area contributed by atoms with E-state index < -0.39 is 16.7 Å². The van der Waals surface area contributed by atoms with Crippen molar-refractivity contribution in [2.24, 2.45) is 0 Å². The Balaban J connectivity index is 1.73. The van der Waals surface area contributed by atoms with E-state index in [4.69, 9.17) is 0 Å². The number of carbonyl (C=O) groups excluding carboxylic acids is 2. The lowest BCUT2D eigenvalue weighted by Crippen LogP contribution is -2.48. The topological polar surface area (TPSA) is 107 Å². The van der Waals surface area contributed by atoms with Gasteiger partial charge in [0.15, 0.2) is 0 Å². The second-order valence-corrected chi connectivity index (χ2v) is 8.05. The number of nitro groups is 1. The van der Waals surface area contributed by atoms with Crippen molar-refractivity contribution in [1.29, 1.82) is 0 Å². The summed E-state index contributed by atoms with van der Waals surface area (Å²) in [6.45, 7) is 5.04. The Kier molecular flexibility index (Phi) is 6.52. The molecule has 2 aromatic carbocycles. The fourth-order valence-electron chi connectivity index (χ4n) is 4.27. The van der Waals surface area contributed by atoms with Crippen molar-refractivity contribution >= 4 is 28.8 Å². The van der Waals surface area contributed by atoms with Crippen LogP contribution in [0, 0.1) is 10.1 Å². The van der Waals surface area contributed by atoms with Crippen LogP contribution >= 0.6 is 0 Å². The van der Waals surface area contributed by atoms with Gasteiger partial charge in [0.1, 0.15) is 5.70 Å². The standard InChI is InChI=1S/C24H26N4O5/c1-2-17-3-7-19(8-4-17)27-23(30)21(18-5-9-20(10-6-18)28(32)33)22(24(27)31)26-13-11-25(12-14-26)15-16-29/h3-10,29H,2,11-16H2,1H3. The summed E-state index contributed by atoms with van der Waals surface area (Å²) in [6.07, 6.45) is 0.845. The SMILES string of the molecule is CCc1ccc(N2C(=O)C(c3ccc([N+](=O)[O-])cc3)=C(N3CCN(CCO)CC3)C2=O)cc1. The summed E-state index contributed by atoms with van der Waals surface area (Å²) in [5.74, 6) is -0.834. The fourth-order valence-corrected chi connectivity index (χ4v) is 4.27. The molecule has 0 aromatic heterocycles. The monoisotopic (exact) mass is 450 g/mol. The first kappa shape index (κ1) is 22.6. The highest BCUT2D eigenvalue weighted by atomic mass is 16.6. The Morgan fingerprint density at radius 2 is 1.58 bits per heavy atom. The van der Waals surface area contributed by atoms with Gasteiger partial charge in [-0.1, -0.05) is 19.1 Å². The van der Waals surface area contributed by atoms with Crippen molar-refractivity contribution < 1.29 is 19.6 Å². The predicted octanol–water partition coefficient (Wildman–Crippen LogP) is 2.05. The van der Waals surface area contributed by atoms with Crippen LogP contribution in [0.4, 0.5) is 11.4 Å². The van der Waals surface area contributed by atoms with E-state index in [1.54, 1.807) is 12.1 Å². The van der Waals surface area contributed by atoms with Crippen molar-refractivity contribution in [1.82, 2.24) is 9.80 Å². The maximum atomic E-state index is 13.6. The molecule has 2 heterocycles. The van der Waals surface area contributed by atoms with Crippen LogP contribution in [-0.4, -0.2) is 71.0 Å². The summed E-state index contributed by atoms with van der Waals surface area (Å²) in [7, 11) is 0. The van der Waals surface area contributed by atoms with Crippen molar-refractivity contribution in [2.45, 2.75) is 13.3 Å². The molecule has 172 valence electrons. The molecule has 2 aromatic rings. The average Bonchev–Trinajstić information content (AvgIpc) is 3.09. The molecule has 9 heteroatoms. The first-order chi connectivity index (χ1) is 15.9. The number of aryl methyl sites for hydroxylation is 1. The van der Waals surface area contributed by atoms with E-state index in [9.17, 15) is 24.8 Å². The van der Waals surface area contributed by atoms with Crippen LogP contribution in [0.3, 0.4) is 0 Å². The van der Waals surface area contributed by atoms with Crippen LogP contribution in [0.5, 0.6) is 0 Å². The van der Waals surface area contributed by atoms with Gasteiger partial charge in [-0.05, 0) is 41.8 Å². The number of amides is 2. The van der Waals surface area contributed by atoms with Gasteiger partial charge in [-0.2, -0.15) is 0 Å². The Hall–Kier alpha value is -3.56. The van der Waals surface area contributed by atoms with Crippen molar-refractivity contribution in [3.05, 3.63) is 75.5 Å². The van der Waals surface area contributed by atoms with Crippen LogP contribution < -0.4 is 4.90 Å². The van der Waals surface area contributed by atoms with Gasteiger partial charge in [0.05, 0.1) is 22.8 Å². The van der Waals surface area contributed by atoms with Gasteiger partial charge in [0.2, 0.25) is 0 Å². The molecule has 0 radical (unpaired) electrons. The molecule has 9 nitrogen and oxygen atoms in total. The zero-order valence-electron chi connectivity index (χ0n) is 18.4. The molecule has 2 amide bonds. The number of benzene rings is 2. The molecule has 1 N–H and O–H groups in total. The molecule has 33 heavy (non-hydrogen) atoms. The lowest BCUT2D eigenvalue weighted by Gasteiger charge is -2.36. The molecule has 1 saturated heterocycles. The first-order valence-corrected chi connectivity index (χ1v) is 11.0. The number of β-amino-alcohol motifs (C(OH)–C–C–N with tert-alkyl or cyclic N) is 1. The highest BCUT2D eigenvalue weighted by Crippen LogP contribution is 2.35. The second kappa shape index (κ2) is 9.51. The summed E-state index contributed by atoms with van der Waals surface area (Å²) in [5, 5.41) is 20.3. The van der Waals surface area contributed by atoms with E-state index in [0.717, 1.165) is 12.0 Å². The van der Waals surface area contributed by atoms with Gasteiger partial charge in [-0.3, -0.25) is 24.6 Å². The number of rotatable bonds is 7. The molecule has 0 bridgehead atoms. The van der Waals surface area contributed by atoms with Crippen molar-refractivity contribution in [3.63, 3.8) is 0 Å². The van der Waals surface area contributed by atoms with Gasteiger partial charge < -0.3 is 10.0 Å². The average molecular weight is 450 g/mol. The van der Waals surface area contributed by atoms with Crippen molar-refractivity contribution in [2.75, 3.05) is 44.2 Å². The third kappa shape index (κ3) is 4.37. The number of nitrogens with zero attached hydrogens (tertiary/aromatic N) is 4. The van der Waals surface area contributed by atoms with Crippen LogP contribution in [0.15, 0.2) is 54.2 Å². The third-order valence-corrected chi connectivity index (χ3v) is 6.13. The molecule has 2 aliphatic rings. The van der Waals surface area contributed by atoms with E-state index in [2.05, 4.69) is 4.90 Å². The number of imide groups is 1. The minimum atomic E-state index is -0.497. The summed E-state index contributed by atoms with van der Waals surface area (Å²) >= 11 is 0. The lowest BCUT2D eigenvalue weighted by molar-refractivity contribution is -0.384. The Bertz CT molecular complexity index is 1090. The molecule has 0 unspecified atom stereocenters. The van der Waals surface area contributed by atoms with Crippen LogP contribution in [0.1, 0.15) is 18.1 Å². The minimum absolute atomic E-state index is 0.0652. The molecular weight excluding hydrogens is 424 g/mol. The van der Waals surface area contributed by atoms with E-state index in [-0.39, 0.29) is 17.9 Å². The number of hydrogen-bond acceptors (Lipinski definition) is 7. The zero-order valence-corrected chi connectivity index (χ0v) is 18.4. The molecule has 0 saturated carbocycles. The number of hydrogen-bond donors (Lipinski definition) is 1. The molecular formula is C24H26N4O5. The van der Waals surface area contributed by atoms with Crippen LogP contribution in [0.25, 0.3) is 5.57 Å². The largest absolute Gasteiger partial charge is 0.395 e. The maximum Gasteiger partial charge on any atom is 0.282 e. The van der Waals surface area contributed by atoms with Gasteiger partial charge >= 0.3 is 0 Å². The number of non-ortho nitro benzene ring substituents is 1. The van der Waals surface area contributed by atoms with Gasteiger partial charge in [0, 0.05) is 44.9 Å². The molecule has 0 aliphatic carbocycles. The van der Waals surface area contributed by atoms with E-state index in [1.807, 2.05) is 24.0 Å². The Morgan fingerprint density at radius 1 is 0.939 bits per heavy atom. The first-order valence-electron chi connectivity index (χ1n) is 11.0. The van der Waals surface area contributed by atoms with E-state index in [0.29, 0.717) is 49.7 Å². The van der Waals surface area contributed by atoms with Gasteiger partial charge in [0.25, 0.3) is 17.5 Å². The van der Waals surface area contributed by atoms with Crippen molar-refractivity contribution in [3.8, 4) is 0 Å². The number of aliphatic hydroxyl groups excluding tert-OH is 1. The van der Waals surface area contributed by atoms with Gasteiger partial charge in [-0.25, -0.2) is 4.90 Å². The van der Waals surface area contributed by atoms with Gasteiger partial charge in [-0.15, -0.1) is 0 Å². The second-order valence-electron chi connectivity index (χ2n) is 8.05. The number of aliphatic hydroxyl groups is 1. The predicted molar refractivity (Wildman–Crippen MR) is 123 cm³/mol. The third-order valence-electron chi connectivity index (χ3n) is 6.13. The number of piperazine rings is 1. The molecule has 4 rings (SSSR count). The Labute approximate surface area is 191 Å². The highest BCUT2D eigenvalue weighted by molar-refractivity contribution is 6.45. The summed E-state index contributed by atoms with van der Waals surface area (Å²) in [5.41, 5.74) is 2.56. The fraction of sp³-hybridized carbons (Fsp3) is 0.333. The number of anilines is 1. The smallest absolute Gasteiger partial charge is 0.282 e. The molecule has 0 spiro atoms. The Morgan fingerprint density at radius 3 is 2.12 bits per heavy atom. The minimum Gasteiger partial charge on any atom is -0.395 e. The normalized spacial score (nSPS) is 17.3. The highest BCUT2D eigenvalue weighted by Gasteiger charge is 2.43. The van der Waals surface area contributed by atoms with Crippen LogP contribution in [0.2, 0.25) is 0 Å². The quantitative estimate of drug-likeness (QED) is 0.391. The van der Waals surface area contributed by atoms with Crippen LogP contribution in [-0.2, 0) is 16.0 Å². The summed E-state index contributed by atoms with van der Waals surface area (Å²) < 4.78 is 0.